The van der Waals surface area contributed by atoms with Gasteiger partial charge in [0.05, 0.1) is 13.0 Å². The Hall–Kier alpha value is -2.10. The van der Waals surface area contributed by atoms with Crippen LogP contribution in [0.5, 0.6) is 0 Å². The molecule has 4 nitrogen and oxygen atoms in total. The molecule has 0 aliphatic heterocycles. The number of hydrogen-bond donors (Lipinski definition) is 0. The van der Waals surface area contributed by atoms with Crippen molar-refractivity contribution in [2.45, 2.75) is 27.2 Å². The SMILES string of the molecule is C=CCN(CCC(=O)OCC)C(=O)c1ccc(C)c(C)c1. The van der Waals surface area contributed by atoms with Crippen LogP contribution >= 0.6 is 0 Å². The zero-order valence-electron chi connectivity index (χ0n) is 13.0. The molecule has 0 bridgehead atoms. The highest BCUT2D eigenvalue weighted by Crippen LogP contribution is 2.12. The first-order chi connectivity index (χ1) is 9.99. The Labute approximate surface area is 126 Å². The highest BCUT2D eigenvalue weighted by Gasteiger charge is 2.16. The molecule has 0 radical (unpaired) electrons. The molecule has 1 rings (SSSR count). The van der Waals surface area contributed by atoms with E-state index in [1.54, 1.807) is 17.9 Å². The van der Waals surface area contributed by atoms with Crippen molar-refractivity contribution in [3.63, 3.8) is 0 Å². The lowest BCUT2D eigenvalue weighted by Crippen LogP contribution is -2.33. The normalized spacial score (nSPS) is 10.0. The Morgan fingerprint density at radius 2 is 2.00 bits per heavy atom. The maximum absolute atomic E-state index is 12.5. The zero-order valence-corrected chi connectivity index (χ0v) is 13.0. The molecule has 0 aliphatic rings. The van der Waals surface area contributed by atoms with Gasteiger partial charge in [0.25, 0.3) is 5.91 Å². The molecule has 0 spiro atoms. The van der Waals surface area contributed by atoms with Crippen molar-refractivity contribution in [2.24, 2.45) is 0 Å². The third-order valence-corrected chi connectivity index (χ3v) is 3.28. The summed E-state index contributed by atoms with van der Waals surface area (Å²) < 4.78 is 4.89. The largest absolute Gasteiger partial charge is 0.466 e. The quantitative estimate of drug-likeness (QED) is 0.573. The molecular formula is C17H23NO3. The van der Waals surface area contributed by atoms with Crippen LogP contribution in [0.3, 0.4) is 0 Å². The van der Waals surface area contributed by atoms with Gasteiger partial charge in [-0.15, -0.1) is 6.58 Å². The topological polar surface area (TPSA) is 46.6 Å². The summed E-state index contributed by atoms with van der Waals surface area (Å²) in [5.74, 6) is -0.387. The van der Waals surface area contributed by atoms with Crippen molar-refractivity contribution >= 4 is 11.9 Å². The van der Waals surface area contributed by atoms with E-state index in [4.69, 9.17) is 4.74 Å². The first-order valence-corrected chi connectivity index (χ1v) is 7.12. The average Bonchev–Trinajstić information content (AvgIpc) is 2.46. The Bertz CT molecular complexity index is 523. The van der Waals surface area contributed by atoms with Crippen LogP contribution in [0.2, 0.25) is 0 Å². The minimum Gasteiger partial charge on any atom is -0.466 e. The molecule has 114 valence electrons. The molecule has 0 fully saturated rings. The van der Waals surface area contributed by atoms with Gasteiger partial charge < -0.3 is 9.64 Å². The zero-order chi connectivity index (χ0) is 15.8. The highest BCUT2D eigenvalue weighted by molar-refractivity contribution is 5.94. The lowest BCUT2D eigenvalue weighted by Gasteiger charge is -2.21. The van der Waals surface area contributed by atoms with Crippen LogP contribution in [-0.2, 0) is 9.53 Å². The van der Waals surface area contributed by atoms with Gasteiger partial charge in [0.15, 0.2) is 0 Å². The predicted octanol–water partition coefficient (Wildman–Crippen LogP) is 2.88. The van der Waals surface area contributed by atoms with Gasteiger partial charge >= 0.3 is 5.97 Å². The monoisotopic (exact) mass is 289 g/mol. The van der Waals surface area contributed by atoms with Crippen LogP contribution in [0, 0.1) is 13.8 Å². The van der Waals surface area contributed by atoms with Gasteiger partial charge in [-0.2, -0.15) is 0 Å². The molecule has 1 aromatic rings. The minimum absolute atomic E-state index is 0.0951. The molecule has 4 heteroatoms. The average molecular weight is 289 g/mol. The van der Waals surface area contributed by atoms with Gasteiger partial charge in [0.1, 0.15) is 0 Å². The molecule has 0 saturated carbocycles. The number of ether oxygens (including phenoxy) is 1. The summed E-state index contributed by atoms with van der Waals surface area (Å²) in [5, 5.41) is 0. The molecule has 1 aromatic carbocycles. The fourth-order valence-electron chi connectivity index (χ4n) is 1.95. The molecular weight excluding hydrogens is 266 g/mol. The number of hydrogen-bond acceptors (Lipinski definition) is 3. The van der Waals surface area contributed by atoms with Crippen molar-refractivity contribution in [1.29, 1.82) is 0 Å². The maximum atomic E-state index is 12.5. The van der Waals surface area contributed by atoms with E-state index in [1.807, 2.05) is 32.0 Å². The Morgan fingerprint density at radius 1 is 1.29 bits per heavy atom. The molecule has 21 heavy (non-hydrogen) atoms. The summed E-state index contributed by atoms with van der Waals surface area (Å²) in [4.78, 5) is 25.5. The van der Waals surface area contributed by atoms with Crippen LogP contribution in [-0.4, -0.2) is 36.5 Å². The molecule has 0 heterocycles. The second kappa shape index (κ2) is 8.25. The summed E-state index contributed by atoms with van der Waals surface area (Å²) >= 11 is 0. The van der Waals surface area contributed by atoms with E-state index in [9.17, 15) is 9.59 Å². The standard InChI is InChI=1S/C17H23NO3/c1-5-10-18(11-9-16(19)21-6-2)17(20)15-8-7-13(3)14(4)12-15/h5,7-8,12H,1,6,9-11H2,2-4H3. The first kappa shape index (κ1) is 17.0. The Kier molecular flexibility index (Phi) is 6.66. The van der Waals surface area contributed by atoms with E-state index >= 15 is 0 Å². The number of carbonyl (C=O) groups is 2. The Balaban J connectivity index is 2.78. The third-order valence-electron chi connectivity index (χ3n) is 3.28. The Morgan fingerprint density at radius 3 is 2.57 bits per heavy atom. The van der Waals surface area contributed by atoms with E-state index in [0.29, 0.717) is 25.3 Å². The van der Waals surface area contributed by atoms with E-state index in [0.717, 1.165) is 11.1 Å². The first-order valence-electron chi connectivity index (χ1n) is 7.12. The van der Waals surface area contributed by atoms with Gasteiger partial charge in [0, 0.05) is 18.7 Å². The van der Waals surface area contributed by atoms with E-state index in [1.165, 1.54) is 0 Å². The summed E-state index contributed by atoms with van der Waals surface area (Å²) in [6, 6.07) is 5.61. The number of carbonyl (C=O) groups excluding carboxylic acids is 2. The number of nitrogens with zero attached hydrogens (tertiary/aromatic N) is 1. The lowest BCUT2D eigenvalue weighted by atomic mass is 10.1. The number of aryl methyl sites for hydroxylation is 2. The van der Waals surface area contributed by atoms with Crippen molar-refractivity contribution in [3.8, 4) is 0 Å². The van der Waals surface area contributed by atoms with Crippen LogP contribution < -0.4 is 0 Å². The maximum Gasteiger partial charge on any atom is 0.307 e. The molecule has 0 aromatic heterocycles. The van der Waals surface area contributed by atoms with Crippen molar-refractivity contribution in [3.05, 3.63) is 47.5 Å². The molecule has 0 N–H and O–H groups in total. The van der Waals surface area contributed by atoms with Gasteiger partial charge in [-0.3, -0.25) is 9.59 Å². The third kappa shape index (κ3) is 5.06. The van der Waals surface area contributed by atoms with Crippen molar-refractivity contribution in [2.75, 3.05) is 19.7 Å². The van der Waals surface area contributed by atoms with Crippen LogP contribution in [0.15, 0.2) is 30.9 Å². The number of rotatable bonds is 7. The van der Waals surface area contributed by atoms with Crippen LogP contribution in [0.25, 0.3) is 0 Å². The van der Waals surface area contributed by atoms with Gasteiger partial charge in [-0.25, -0.2) is 0 Å². The van der Waals surface area contributed by atoms with E-state index in [-0.39, 0.29) is 18.3 Å². The smallest absolute Gasteiger partial charge is 0.307 e. The van der Waals surface area contributed by atoms with E-state index < -0.39 is 0 Å². The van der Waals surface area contributed by atoms with Crippen LogP contribution in [0.4, 0.5) is 0 Å². The highest BCUT2D eigenvalue weighted by atomic mass is 16.5. The molecule has 0 aliphatic carbocycles. The minimum atomic E-state index is -0.292. The second-order valence-corrected chi connectivity index (χ2v) is 4.89. The summed E-state index contributed by atoms with van der Waals surface area (Å²) in [6.07, 6.45) is 1.85. The van der Waals surface area contributed by atoms with Gasteiger partial charge in [-0.1, -0.05) is 12.1 Å². The molecule has 0 saturated heterocycles. The van der Waals surface area contributed by atoms with Crippen molar-refractivity contribution in [1.82, 2.24) is 4.90 Å². The van der Waals surface area contributed by atoms with Crippen molar-refractivity contribution < 1.29 is 14.3 Å². The lowest BCUT2D eigenvalue weighted by molar-refractivity contribution is -0.143. The second-order valence-electron chi connectivity index (χ2n) is 4.89. The summed E-state index contributed by atoms with van der Waals surface area (Å²) in [6.45, 7) is 10.5. The molecule has 0 atom stereocenters. The summed E-state index contributed by atoms with van der Waals surface area (Å²) in [5.41, 5.74) is 2.85. The van der Waals surface area contributed by atoms with Crippen LogP contribution in [0.1, 0.15) is 34.8 Å². The number of amides is 1. The molecule has 0 unspecified atom stereocenters. The molecule has 1 amide bonds. The van der Waals surface area contributed by atoms with Gasteiger partial charge in [0.2, 0.25) is 0 Å². The fraction of sp³-hybridized carbons (Fsp3) is 0.412. The predicted molar refractivity (Wildman–Crippen MR) is 83.3 cm³/mol. The number of benzene rings is 1. The van der Waals surface area contributed by atoms with Gasteiger partial charge in [-0.05, 0) is 44.0 Å². The number of esters is 1. The summed E-state index contributed by atoms with van der Waals surface area (Å²) in [7, 11) is 0. The van der Waals surface area contributed by atoms with E-state index in [2.05, 4.69) is 6.58 Å². The fourth-order valence-corrected chi connectivity index (χ4v) is 1.95.